The monoisotopic (exact) mass is 358 g/mol. The van der Waals surface area contributed by atoms with Crippen molar-refractivity contribution >= 4 is 35.3 Å². The van der Waals surface area contributed by atoms with E-state index in [0.29, 0.717) is 27.8 Å². The molecule has 3 rings (SSSR count). The van der Waals surface area contributed by atoms with Crippen molar-refractivity contribution in [3.05, 3.63) is 58.7 Å². The molecule has 2 aromatic rings. The van der Waals surface area contributed by atoms with Crippen LogP contribution in [0.5, 0.6) is 11.5 Å². The summed E-state index contributed by atoms with van der Waals surface area (Å²) < 4.78 is 10.4. The quantitative estimate of drug-likeness (QED) is 0.671. The average Bonchev–Trinajstić information content (AvgIpc) is 2.88. The predicted molar refractivity (Wildman–Crippen MR) is 95.0 cm³/mol. The Kier molecular flexibility index (Phi) is 4.63. The normalized spacial score (nSPS) is 15.5. The van der Waals surface area contributed by atoms with Crippen molar-refractivity contribution in [2.45, 2.75) is 0 Å². The van der Waals surface area contributed by atoms with Crippen LogP contribution in [-0.4, -0.2) is 26.2 Å². The van der Waals surface area contributed by atoms with E-state index in [9.17, 15) is 9.59 Å². The van der Waals surface area contributed by atoms with Crippen LogP contribution in [0.25, 0.3) is 6.08 Å². The topological polar surface area (TPSA) is 67.9 Å². The number of halogens is 1. The molecule has 3 amide bonds. The summed E-state index contributed by atoms with van der Waals surface area (Å²) in [6, 6.07) is 11.2. The predicted octanol–water partition coefficient (Wildman–Crippen LogP) is 3.45. The number of rotatable bonds is 4. The summed E-state index contributed by atoms with van der Waals surface area (Å²) >= 11 is 5.94. The van der Waals surface area contributed by atoms with Gasteiger partial charge < -0.3 is 14.8 Å². The molecule has 0 aromatic heterocycles. The maximum atomic E-state index is 12.6. The lowest BCUT2D eigenvalue weighted by Crippen LogP contribution is -2.30. The van der Waals surface area contributed by atoms with Crippen LogP contribution >= 0.6 is 11.6 Å². The number of ether oxygens (including phenoxy) is 2. The minimum atomic E-state index is -0.529. The summed E-state index contributed by atoms with van der Waals surface area (Å²) in [6.07, 6.45) is 1.58. The van der Waals surface area contributed by atoms with Gasteiger partial charge in [-0.05, 0) is 42.0 Å². The maximum absolute atomic E-state index is 12.6. The number of methoxy groups -OCH3 is 2. The van der Waals surface area contributed by atoms with Gasteiger partial charge >= 0.3 is 6.03 Å². The maximum Gasteiger partial charge on any atom is 0.333 e. The molecular formula is C18H15ClN2O4. The van der Waals surface area contributed by atoms with E-state index in [-0.39, 0.29) is 5.70 Å². The number of hydrogen-bond donors (Lipinski definition) is 1. The van der Waals surface area contributed by atoms with E-state index in [2.05, 4.69) is 5.32 Å². The Labute approximate surface area is 149 Å². The smallest absolute Gasteiger partial charge is 0.333 e. The molecule has 0 bridgehead atoms. The molecule has 0 saturated carbocycles. The number of nitrogens with one attached hydrogen (secondary N) is 1. The second-order valence-corrected chi connectivity index (χ2v) is 5.66. The molecule has 25 heavy (non-hydrogen) atoms. The Morgan fingerprint density at radius 1 is 1.04 bits per heavy atom. The van der Waals surface area contributed by atoms with E-state index >= 15 is 0 Å². The zero-order valence-electron chi connectivity index (χ0n) is 13.6. The van der Waals surface area contributed by atoms with Gasteiger partial charge in [0.15, 0.2) is 11.5 Å². The summed E-state index contributed by atoms with van der Waals surface area (Å²) in [4.78, 5) is 25.8. The van der Waals surface area contributed by atoms with Crippen LogP contribution < -0.4 is 19.7 Å². The number of benzene rings is 2. The fourth-order valence-electron chi connectivity index (χ4n) is 2.49. The lowest BCUT2D eigenvalue weighted by molar-refractivity contribution is -0.113. The van der Waals surface area contributed by atoms with Gasteiger partial charge in [0, 0.05) is 5.02 Å². The van der Waals surface area contributed by atoms with Crippen LogP contribution in [0.2, 0.25) is 5.02 Å². The molecule has 0 radical (unpaired) electrons. The Balaban J connectivity index is 1.93. The molecule has 6 nitrogen and oxygen atoms in total. The largest absolute Gasteiger partial charge is 0.493 e. The second-order valence-electron chi connectivity index (χ2n) is 5.22. The Bertz CT molecular complexity index is 879. The summed E-state index contributed by atoms with van der Waals surface area (Å²) in [5.74, 6) is 0.648. The molecule has 1 aliphatic heterocycles. The molecule has 1 saturated heterocycles. The van der Waals surface area contributed by atoms with Gasteiger partial charge in [0.2, 0.25) is 0 Å². The lowest BCUT2D eigenvalue weighted by atomic mass is 10.1. The van der Waals surface area contributed by atoms with Crippen molar-refractivity contribution in [2.75, 3.05) is 19.1 Å². The van der Waals surface area contributed by atoms with Crippen LogP contribution in [0.1, 0.15) is 5.56 Å². The van der Waals surface area contributed by atoms with E-state index in [1.54, 1.807) is 55.7 Å². The van der Waals surface area contributed by atoms with Crippen molar-refractivity contribution in [2.24, 2.45) is 0 Å². The van der Waals surface area contributed by atoms with Gasteiger partial charge in [0.25, 0.3) is 5.91 Å². The van der Waals surface area contributed by atoms with Crippen molar-refractivity contribution in [1.29, 1.82) is 0 Å². The van der Waals surface area contributed by atoms with Crippen LogP contribution in [0.15, 0.2) is 48.2 Å². The minimum absolute atomic E-state index is 0.164. The Morgan fingerprint density at radius 3 is 2.48 bits per heavy atom. The molecule has 1 aliphatic rings. The van der Waals surface area contributed by atoms with Gasteiger partial charge in [-0.3, -0.25) is 4.79 Å². The van der Waals surface area contributed by atoms with Gasteiger partial charge in [-0.25, -0.2) is 9.69 Å². The van der Waals surface area contributed by atoms with Gasteiger partial charge in [-0.15, -0.1) is 0 Å². The summed E-state index contributed by atoms with van der Waals surface area (Å²) in [5, 5.41) is 3.01. The number of imide groups is 1. The fraction of sp³-hybridized carbons (Fsp3) is 0.111. The van der Waals surface area contributed by atoms with Crippen molar-refractivity contribution in [1.82, 2.24) is 5.32 Å². The first-order valence-corrected chi connectivity index (χ1v) is 7.76. The Morgan fingerprint density at radius 2 is 1.80 bits per heavy atom. The zero-order chi connectivity index (χ0) is 18.0. The first-order chi connectivity index (χ1) is 12.0. The molecule has 0 aliphatic carbocycles. The summed E-state index contributed by atoms with van der Waals surface area (Å²) in [6.45, 7) is 0. The molecule has 0 unspecified atom stereocenters. The summed E-state index contributed by atoms with van der Waals surface area (Å²) in [5.41, 5.74) is 1.26. The Hall–Kier alpha value is -2.99. The van der Waals surface area contributed by atoms with Gasteiger partial charge in [-0.2, -0.15) is 0 Å². The van der Waals surface area contributed by atoms with Crippen LogP contribution in [-0.2, 0) is 4.79 Å². The van der Waals surface area contributed by atoms with E-state index < -0.39 is 11.9 Å². The highest BCUT2D eigenvalue weighted by Crippen LogP contribution is 2.29. The van der Waals surface area contributed by atoms with E-state index in [0.717, 1.165) is 4.90 Å². The van der Waals surface area contributed by atoms with Crippen LogP contribution in [0, 0.1) is 0 Å². The molecular weight excluding hydrogens is 344 g/mol. The molecule has 0 spiro atoms. The zero-order valence-corrected chi connectivity index (χ0v) is 14.3. The first-order valence-electron chi connectivity index (χ1n) is 7.38. The lowest BCUT2D eigenvalue weighted by Gasteiger charge is -2.11. The number of urea groups is 1. The number of anilines is 1. The van der Waals surface area contributed by atoms with E-state index in [4.69, 9.17) is 21.1 Å². The third kappa shape index (κ3) is 3.29. The van der Waals surface area contributed by atoms with Gasteiger partial charge in [-0.1, -0.05) is 23.7 Å². The number of carbonyl (C=O) groups excluding carboxylic acids is 2. The standard InChI is InChI=1S/C18H15ClN2O4/c1-24-15-7-6-11(9-16(15)25-2)8-14-17(22)21(18(23)20-14)13-5-3-4-12(19)10-13/h3-10H,1-2H3,(H,20,23). The average molecular weight is 359 g/mol. The van der Waals surface area contributed by atoms with Crippen LogP contribution in [0.3, 0.4) is 0 Å². The fourth-order valence-corrected chi connectivity index (χ4v) is 2.68. The molecule has 1 fully saturated rings. The van der Waals surface area contributed by atoms with Crippen molar-refractivity contribution in [3.8, 4) is 11.5 Å². The number of carbonyl (C=O) groups is 2. The molecule has 7 heteroatoms. The van der Waals surface area contributed by atoms with Crippen molar-refractivity contribution < 1.29 is 19.1 Å². The first kappa shape index (κ1) is 16.9. The molecule has 128 valence electrons. The molecule has 1 heterocycles. The number of hydrogen-bond acceptors (Lipinski definition) is 4. The number of amides is 3. The van der Waals surface area contributed by atoms with Gasteiger partial charge in [0.1, 0.15) is 5.70 Å². The van der Waals surface area contributed by atoms with Gasteiger partial charge in [0.05, 0.1) is 19.9 Å². The van der Waals surface area contributed by atoms with Crippen molar-refractivity contribution in [3.63, 3.8) is 0 Å². The van der Waals surface area contributed by atoms with E-state index in [1.165, 1.54) is 7.11 Å². The molecule has 0 atom stereocenters. The van der Waals surface area contributed by atoms with Crippen LogP contribution in [0.4, 0.5) is 10.5 Å². The third-order valence-corrected chi connectivity index (χ3v) is 3.90. The highest BCUT2D eigenvalue weighted by Gasteiger charge is 2.34. The molecule has 1 N–H and O–H groups in total. The number of nitrogens with zero attached hydrogens (tertiary/aromatic N) is 1. The minimum Gasteiger partial charge on any atom is -0.493 e. The third-order valence-electron chi connectivity index (χ3n) is 3.66. The SMILES string of the molecule is COc1ccc(C=C2NC(=O)N(c3cccc(Cl)c3)C2=O)cc1OC. The highest BCUT2D eigenvalue weighted by atomic mass is 35.5. The summed E-state index contributed by atoms with van der Waals surface area (Å²) in [7, 11) is 3.07. The second kappa shape index (κ2) is 6.86. The molecule has 2 aromatic carbocycles. The highest BCUT2D eigenvalue weighted by molar-refractivity contribution is 6.32. The van der Waals surface area contributed by atoms with E-state index in [1.807, 2.05) is 0 Å².